The number of esters is 1. The molecule has 0 aliphatic heterocycles. The van der Waals surface area contributed by atoms with Gasteiger partial charge in [0.15, 0.2) is 12.4 Å². The molecular formula is C25H23NO5. The van der Waals surface area contributed by atoms with Crippen LogP contribution in [0.1, 0.15) is 28.8 Å². The van der Waals surface area contributed by atoms with E-state index in [0.717, 1.165) is 5.56 Å². The van der Waals surface area contributed by atoms with Crippen LogP contribution in [-0.2, 0) is 20.9 Å². The molecular weight excluding hydrogens is 394 g/mol. The third-order valence-corrected chi connectivity index (χ3v) is 4.40. The number of hydrogen-bond acceptors (Lipinski definition) is 5. The smallest absolute Gasteiger partial charge is 0.306 e. The van der Waals surface area contributed by atoms with Gasteiger partial charge in [-0.2, -0.15) is 0 Å². The zero-order chi connectivity index (χ0) is 21.9. The number of benzene rings is 3. The normalized spacial score (nSPS) is 10.2. The molecule has 0 atom stereocenters. The van der Waals surface area contributed by atoms with Gasteiger partial charge in [-0.25, -0.2) is 0 Å². The van der Waals surface area contributed by atoms with Gasteiger partial charge in [0.1, 0.15) is 12.4 Å². The Labute approximate surface area is 180 Å². The molecule has 3 rings (SSSR count). The topological polar surface area (TPSA) is 81.7 Å². The first-order chi connectivity index (χ1) is 15.1. The highest BCUT2D eigenvalue weighted by atomic mass is 16.5. The molecule has 0 fully saturated rings. The standard InChI is InChI=1S/C25H23NO5/c27-23(20-9-5-2-6-10-20)15-16-25(29)31-18-24(28)26-21-11-13-22(14-12-21)30-17-19-7-3-1-4-8-19/h1-14H,15-18H2,(H,26,28). The van der Waals surface area contributed by atoms with Crippen LogP contribution in [0.3, 0.4) is 0 Å². The number of amides is 1. The fourth-order valence-electron chi connectivity index (χ4n) is 2.77. The lowest BCUT2D eigenvalue weighted by Gasteiger charge is -2.09. The van der Waals surface area contributed by atoms with Crippen LogP contribution in [0.25, 0.3) is 0 Å². The second kappa shape index (κ2) is 11.3. The lowest BCUT2D eigenvalue weighted by Crippen LogP contribution is -2.21. The van der Waals surface area contributed by atoms with Crippen LogP contribution >= 0.6 is 0 Å². The molecule has 1 amide bonds. The molecule has 0 unspecified atom stereocenters. The van der Waals surface area contributed by atoms with E-state index >= 15 is 0 Å². The van der Waals surface area contributed by atoms with Gasteiger partial charge in [-0.15, -0.1) is 0 Å². The van der Waals surface area contributed by atoms with Gasteiger partial charge in [0.25, 0.3) is 5.91 Å². The van der Waals surface area contributed by atoms with Gasteiger partial charge in [-0.3, -0.25) is 14.4 Å². The monoisotopic (exact) mass is 417 g/mol. The summed E-state index contributed by atoms with van der Waals surface area (Å²) < 4.78 is 10.6. The van der Waals surface area contributed by atoms with Crippen molar-refractivity contribution in [2.24, 2.45) is 0 Å². The number of carbonyl (C=O) groups excluding carboxylic acids is 3. The Balaban J connectivity index is 1.36. The van der Waals surface area contributed by atoms with Crippen molar-refractivity contribution >= 4 is 23.3 Å². The SMILES string of the molecule is O=C(COC(=O)CCC(=O)c1ccccc1)Nc1ccc(OCc2ccccc2)cc1. The van der Waals surface area contributed by atoms with Crippen molar-refractivity contribution in [3.8, 4) is 5.75 Å². The molecule has 0 bridgehead atoms. The Bertz CT molecular complexity index is 1000. The molecule has 0 saturated heterocycles. The summed E-state index contributed by atoms with van der Waals surface area (Å²) in [7, 11) is 0. The Hall–Kier alpha value is -3.93. The molecule has 158 valence electrons. The van der Waals surface area contributed by atoms with Crippen LogP contribution in [0.15, 0.2) is 84.9 Å². The highest BCUT2D eigenvalue weighted by molar-refractivity contribution is 5.97. The highest BCUT2D eigenvalue weighted by Gasteiger charge is 2.12. The van der Waals surface area contributed by atoms with Gasteiger partial charge in [0.05, 0.1) is 6.42 Å². The van der Waals surface area contributed by atoms with E-state index in [1.807, 2.05) is 36.4 Å². The summed E-state index contributed by atoms with van der Waals surface area (Å²) in [6.07, 6.45) is -0.0383. The first kappa shape index (κ1) is 21.8. The average Bonchev–Trinajstić information content (AvgIpc) is 2.82. The summed E-state index contributed by atoms with van der Waals surface area (Å²) >= 11 is 0. The molecule has 3 aromatic rings. The minimum absolute atomic E-state index is 0.0366. The van der Waals surface area contributed by atoms with Gasteiger partial charge in [-0.1, -0.05) is 60.7 Å². The zero-order valence-corrected chi connectivity index (χ0v) is 17.0. The number of ketones is 1. The first-order valence-corrected chi connectivity index (χ1v) is 9.90. The van der Waals surface area contributed by atoms with Gasteiger partial charge in [-0.05, 0) is 29.8 Å². The third kappa shape index (κ3) is 7.44. The molecule has 0 aromatic heterocycles. The van der Waals surface area contributed by atoms with Gasteiger partial charge < -0.3 is 14.8 Å². The maximum atomic E-state index is 12.0. The van der Waals surface area contributed by atoms with Crippen molar-refractivity contribution in [3.63, 3.8) is 0 Å². The van der Waals surface area contributed by atoms with Crippen LogP contribution in [0, 0.1) is 0 Å². The minimum Gasteiger partial charge on any atom is -0.489 e. The molecule has 0 radical (unpaired) electrons. The number of carbonyl (C=O) groups is 3. The van der Waals surface area contributed by atoms with E-state index in [0.29, 0.717) is 23.6 Å². The van der Waals surface area contributed by atoms with Crippen molar-refractivity contribution in [1.82, 2.24) is 0 Å². The molecule has 1 N–H and O–H groups in total. The van der Waals surface area contributed by atoms with Crippen molar-refractivity contribution in [2.75, 3.05) is 11.9 Å². The second-order valence-electron chi connectivity index (χ2n) is 6.80. The molecule has 0 heterocycles. The van der Waals surface area contributed by atoms with Gasteiger partial charge in [0.2, 0.25) is 0 Å². The number of hydrogen-bond donors (Lipinski definition) is 1. The molecule has 0 saturated carbocycles. The largest absolute Gasteiger partial charge is 0.489 e. The molecule has 6 heteroatoms. The van der Waals surface area contributed by atoms with Crippen molar-refractivity contribution in [2.45, 2.75) is 19.4 Å². The Morgan fingerprint density at radius 3 is 2.06 bits per heavy atom. The zero-order valence-electron chi connectivity index (χ0n) is 17.0. The van der Waals surface area contributed by atoms with E-state index in [9.17, 15) is 14.4 Å². The summed E-state index contributed by atoms with van der Waals surface area (Å²) in [6.45, 7) is 0.0416. The number of Topliss-reactive ketones (excluding diaryl/α,β-unsaturated/α-hetero) is 1. The molecule has 0 aliphatic carbocycles. The van der Waals surface area contributed by atoms with Crippen molar-refractivity contribution < 1.29 is 23.9 Å². The lowest BCUT2D eigenvalue weighted by molar-refractivity contribution is -0.147. The average molecular weight is 417 g/mol. The fourth-order valence-corrected chi connectivity index (χ4v) is 2.77. The van der Waals surface area contributed by atoms with Crippen molar-refractivity contribution in [3.05, 3.63) is 96.1 Å². The number of anilines is 1. The summed E-state index contributed by atoms with van der Waals surface area (Å²) in [6, 6.07) is 25.4. The Kier molecular flexibility index (Phi) is 7.94. The third-order valence-electron chi connectivity index (χ3n) is 4.40. The van der Waals surface area contributed by atoms with E-state index in [2.05, 4.69) is 5.32 Å². The lowest BCUT2D eigenvalue weighted by atomic mass is 10.1. The van der Waals surface area contributed by atoms with Crippen LogP contribution < -0.4 is 10.1 Å². The fraction of sp³-hybridized carbons (Fsp3) is 0.160. The van der Waals surface area contributed by atoms with Gasteiger partial charge in [0, 0.05) is 17.7 Å². The maximum Gasteiger partial charge on any atom is 0.306 e. The van der Waals surface area contributed by atoms with E-state index in [4.69, 9.17) is 9.47 Å². The van der Waals surface area contributed by atoms with E-state index in [-0.39, 0.29) is 18.6 Å². The maximum absolute atomic E-state index is 12.0. The van der Waals surface area contributed by atoms with Gasteiger partial charge >= 0.3 is 5.97 Å². The molecule has 31 heavy (non-hydrogen) atoms. The molecule has 3 aromatic carbocycles. The summed E-state index contributed by atoms with van der Waals surface area (Å²) in [5.74, 6) is -0.516. The minimum atomic E-state index is -0.593. The number of nitrogens with one attached hydrogen (secondary N) is 1. The summed E-state index contributed by atoms with van der Waals surface area (Å²) in [5.41, 5.74) is 2.17. The van der Waals surface area contributed by atoms with E-state index in [1.165, 1.54) is 0 Å². The Morgan fingerprint density at radius 1 is 0.742 bits per heavy atom. The summed E-state index contributed by atoms with van der Waals surface area (Å²) in [5, 5.41) is 2.65. The van der Waals surface area contributed by atoms with Crippen LogP contribution in [0.4, 0.5) is 5.69 Å². The predicted molar refractivity (Wildman–Crippen MR) is 117 cm³/mol. The van der Waals surface area contributed by atoms with E-state index in [1.54, 1.807) is 48.5 Å². The van der Waals surface area contributed by atoms with Crippen molar-refractivity contribution in [1.29, 1.82) is 0 Å². The quantitative estimate of drug-likeness (QED) is 0.390. The highest BCUT2D eigenvalue weighted by Crippen LogP contribution is 2.17. The summed E-state index contributed by atoms with van der Waals surface area (Å²) in [4.78, 5) is 35.8. The van der Waals surface area contributed by atoms with Crippen LogP contribution in [-0.4, -0.2) is 24.3 Å². The number of rotatable bonds is 10. The molecule has 0 aliphatic rings. The number of ether oxygens (including phenoxy) is 2. The van der Waals surface area contributed by atoms with Crippen LogP contribution in [0.2, 0.25) is 0 Å². The van der Waals surface area contributed by atoms with E-state index < -0.39 is 18.5 Å². The second-order valence-corrected chi connectivity index (χ2v) is 6.80. The first-order valence-electron chi connectivity index (χ1n) is 9.90. The Morgan fingerprint density at radius 2 is 1.39 bits per heavy atom. The predicted octanol–water partition coefficient (Wildman–Crippen LogP) is 4.41. The molecule has 0 spiro atoms. The molecule has 6 nitrogen and oxygen atoms in total. The van der Waals surface area contributed by atoms with Crippen LogP contribution in [0.5, 0.6) is 5.75 Å².